The molecule has 1 atom stereocenters. The highest BCUT2D eigenvalue weighted by Gasteiger charge is 2.16. The molecule has 0 radical (unpaired) electrons. The maximum absolute atomic E-state index is 11.8. The SMILES string of the molecule is CC[C@@H](CC#N)NC(=O)c1ncc(Br)cc1O. The number of halogens is 1. The number of nitriles is 1. The maximum Gasteiger partial charge on any atom is 0.273 e. The quantitative estimate of drug-likeness (QED) is 0.889. The largest absolute Gasteiger partial charge is 0.505 e. The number of nitrogens with one attached hydrogen (secondary N) is 1. The van der Waals surface area contributed by atoms with E-state index in [0.717, 1.165) is 0 Å². The molecule has 1 rings (SSSR count). The lowest BCUT2D eigenvalue weighted by Crippen LogP contribution is -2.34. The molecule has 6 heteroatoms. The first kappa shape index (κ1) is 13.5. The predicted octanol–water partition coefficient (Wildman–Crippen LogP) is 1.97. The zero-order valence-corrected chi connectivity index (χ0v) is 10.9. The molecule has 0 aliphatic heterocycles. The van der Waals surface area contributed by atoms with E-state index in [2.05, 4.69) is 26.2 Å². The van der Waals surface area contributed by atoms with Gasteiger partial charge in [0.2, 0.25) is 0 Å². The van der Waals surface area contributed by atoms with Gasteiger partial charge >= 0.3 is 0 Å². The Morgan fingerprint density at radius 1 is 1.76 bits per heavy atom. The van der Waals surface area contributed by atoms with Gasteiger partial charge in [-0.1, -0.05) is 6.92 Å². The van der Waals surface area contributed by atoms with Gasteiger partial charge in [-0.2, -0.15) is 5.26 Å². The molecule has 2 N–H and O–H groups in total. The Balaban J connectivity index is 2.79. The standard InChI is InChI=1S/C11H12BrN3O2/c1-2-8(3-4-13)15-11(17)10-9(16)5-7(12)6-14-10/h5-6,8,16H,2-3H2,1H3,(H,15,17)/t8-/m0/s1. The molecule has 5 nitrogen and oxygen atoms in total. The number of nitrogens with zero attached hydrogens (tertiary/aromatic N) is 2. The van der Waals surface area contributed by atoms with Crippen LogP contribution in [0.2, 0.25) is 0 Å². The fourth-order valence-electron chi connectivity index (χ4n) is 1.26. The van der Waals surface area contributed by atoms with E-state index in [1.807, 2.05) is 13.0 Å². The van der Waals surface area contributed by atoms with Crippen molar-refractivity contribution >= 4 is 21.8 Å². The van der Waals surface area contributed by atoms with E-state index in [-0.39, 0.29) is 23.9 Å². The van der Waals surface area contributed by atoms with Gasteiger partial charge in [0, 0.05) is 16.7 Å². The molecular formula is C11H12BrN3O2. The summed E-state index contributed by atoms with van der Waals surface area (Å²) in [6, 6.07) is 3.17. The number of amides is 1. The topological polar surface area (TPSA) is 86.0 Å². The minimum atomic E-state index is -0.475. The van der Waals surface area contributed by atoms with E-state index in [1.54, 1.807) is 0 Å². The second kappa shape index (κ2) is 6.21. The molecule has 0 bridgehead atoms. The number of carbonyl (C=O) groups excluding carboxylic acids is 1. The summed E-state index contributed by atoms with van der Waals surface area (Å²) < 4.78 is 0.593. The van der Waals surface area contributed by atoms with Crippen LogP contribution in [-0.4, -0.2) is 22.0 Å². The molecule has 17 heavy (non-hydrogen) atoms. The molecule has 0 aliphatic carbocycles. The third-order valence-electron chi connectivity index (χ3n) is 2.21. The first-order chi connectivity index (χ1) is 8.08. The molecule has 0 saturated carbocycles. The summed E-state index contributed by atoms with van der Waals surface area (Å²) >= 11 is 3.14. The highest BCUT2D eigenvalue weighted by molar-refractivity contribution is 9.10. The Morgan fingerprint density at radius 3 is 3.00 bits per heavy atom. The molecule has 0 aromatic carbocycles. The van der Waals surface area contributed by atoms with Crippen LogP contribution in [0.15, 0.2) is 16.7 Å². The van der Waals surface area contributed by atoms with E-state index < -0.39 is 5.91 Å². The van der Waals surface area contributed by atoms with Crippen LogP contribution in [0, 0.1) is 11.3 Å². The molecule has 1 aromatic heterocycles. The lowest BCUT2D eigenvalue weighted by Gasteiger charge is -2.13. The average molecular weight is 298 g/mol. The Bertz CT molecular complexity index is 457. The van der Waals surface area contributed by atoms with Gasteiger partial charge < -0.3 is 10.4 Å². The number of hydrogen-bond donors (Lipinski definition) is 2. The zero-order valence-electron chi connectivity index (χ0n) is 9.27. The number of aromatic hydroxyl groups is 1. The number of pyridine rings is 1. The van der Waals surface area contributed by atoms with Crippen molar-refractivity contribution in [1.82, 2.24) is 10.3 Å². The van der Waals surface area contributed by atoms with Gasteiger partial charge in [0.1, 0.15) is 5.75 Å². The highest BCUT2D eigenvalue weighted by Crippen LogP contribution is 2.19. The second-order valence-electron chi connectivity index (χ2n) is 3.46. The van der Waals surface area contributed by atoms with Gasteiger partial charge in [-0.15, -0.1) is 0 Å². The van der Waals surface area contributed by atoms with Gasteiger partial charge in [-0.25, -0.2) is 4.98 Å². The smallest absolute Gasteiger partial charge is 0.273 e. The van der Waals surface area contributed by atoms with Gasteiger partial charge in [-0.05, 0) is 28.4 Å². The summed E-state index contributed by atoms with van der Waals surface area (Å²) in [5, 5.41) is 20.8. The first-order valence-electron chi connectivity index (χ1n) is 5.10. The summed E-state index contributed by atoms with van der Waals surface area (Å²) in [4.78, 5) is 15.6. The second-order valence-corrected chi connectivity index (χ2v) is 4.38. The summed E-state index contributed by atoms with van der Waals surface area (Å²) in [6.45, 7) is 1.87. The lowest BCUT2D eigenvalue weighted by atomic mass is 10.1. The molecule has 90 valence electrons. The van der Waals surface area contributed by atoms with Gasteiger partial charge in [-0.3, -0.25) is 4.79 Å². The van der Waals surface area contributed by atoms with Crippen LogP contribution in [-0.2, 0) is 0 Å². The molecule has 1 amide bonds. The van der Waals surface area contributed by atoms with E-state index in [1.165, 1.54) is 12.3 Å². The van der Waals surface area contributed by atoms with E-state index in [4.69, 9.17) is 5.26 Å². The fourth-order valence-corrected chi connectivity index (χ4v) is 1.58. The number of carbonyl (C=O) groups is 1. The predicted molar refractivity (Wildman–Crippen MR) is 65.4 cm³/mol. The van der Waals surface area contributed by atoms with Crippen molar-refractivity contribution in [2.45, 2.75) is 25.8 Å². The van der Waals surface area contributed by atoms with Crippen LogP contribution in [0.4, 0.5) is 0 Å². The molecule has 1 aromatic rings. The number of hydrogen-bond acceptors (Lipinski definition) is 4. The van der Waals surface area contributed by atoms with Crippen LogP contribution in [0.3, 0.4) is 0 Å². The third-order valence-corrected chi connectivity index (χ3v) is 2.65. The molecule has 0 unspecified atom stereocenters. The van der Waals surface area contributed by atoms with E-state index >= 15 is 0 Å². The van der Waals surface area contributed by atoms with Crippen LogP contribution < -0.4 is 5.32 Å². The van der Waals surface area contributed by atoms with Crippen molar-refractivity contribution in [3.8, 4) is 11.8 Å². The van der Waals surface area contributed by atoms with Gasteiger partial charge in [0.05, 0.1) is 12.5 Å². The molecule has 0 saturated heterocycles. The van der Waals surface area contributed by atoms with Crippen LogP contribution in [0.25, 0.3) is 0 Å². The van der Waals surface area contributed by atoms with Crippen molar-refractivity contribution in [2.75, 3.05) is 0 Å². The Hall–Kier alpha value is -1.61. The zero-order chi connectivity index (χ0) is 12.8. The van der Waals surface area contributed by atoms with Gasteiger partial charge in [0.25, 0.3) is 5.91 Å². The highest BCUT2D eigenvalue weighted by atomic mass is 79.9. The van der Waals surface area contributed by atoms with Crippen molar-refractivity contribution in [1.29, 1.82) is 5.26 Å². The van der Waals surface area contributed by atoms with Crippen molar-refractivity contribution in [3.05, 3.63) is 22.4 Å². The molecule has 0 fully saturated rings. The van der Waals surface area contributed by atoms with Crippen LogP contribution >= 0.6 is 15.9 Å². The first-order valence-corrected chi connectivity index (χ1v) is 5.90. The summed E-state index contributed by atoms with van der Waals surface area (Å²) in [5.74, 6) is -0.666. The minimum Gasteiger partial charge on any atom is -0.505 e. The third kappa shape index (κ3) is 3.71. The summed E-state index contributed by atoms with van der Waals surface area (Å²) in [6.07, 6.45) is 2.32. The maximum atomic E-state index is 11.8. The Kier molecular flexibility index (Phi) is 4.91. The van der Waals surface area contributed by atoms with E-state index in [0.29, 0.717) is 10.9 Å². The van der Waals surface area contributed by atoms with E-state index in [9.17, 15) is 9.90 Å². The summed E-state index contributed by atoms with van der Waals surface area (Å²) in [7, 11) is 0. The van der Waals surface area contributed by atoms with Crippen molar-refractivity contribution in [2.24, 2.45) is 0 Å². The lowest BCUT2D eigenvalue weighted by molar-refractivity contribution is 0.0928. The molecule has 1 heterocycles. The average Bonchev–Trinajstić information content (AvgIpc) is 2.28. The number of rotatable bonds is 4. The van der Waals surface area contributed by atoms with Crippen LogP contribution in [0.5, 0.6) is 5.75 Å². The molecule has 0 spiro atoms. The Labute approximate surface area is 108 Å². The monoisotopic (exact) mass is 297 g/mol. The van der Waals surface area contributed by atoms with Gasteiger partial charge in [0.15, 0.2) is 5.69 Å². The fraction of sp³-hybridized carbons (Fsp3) is 0.364. The van der Waals surface area contributed by atoms with Crippen LogP contribution in [0.1, 0.15) is 30.3 Å². The Morgan fingerprint density at radius 2 is 2.47 bits per heavy atom. The van der Waals surface area contributed by atoms with Crippen molar-refractivity contribution in [3.63, 3.8) is 0 Å². The molecule has 0 aliphatic rings. The molecular weight excluding hydrogens is 286 g/mol. The summed E-state index contributed by atoms with van der Waals surface area (Å²) in [5.41, 5.74) is -0.0374. The minimum absolute atomic E-state index is 0.0374. The van der Waals surface area contributed by atoms with Crippen molar-refractivity contribution < 1.29 is 9.90 Å². The number of aromatic nitrogens is 1. The normalized spacial score (nSPS) is 11.6.